The highest BCUT2D eigenvalue weighted by atomic mass is 16.5. The number of aromatic hydroxyl groups is 1. The number of rotatable bonds is 9. The minimum absolute atomic E-state index is 0.0289. The summed E-state index contributed by atoms with van der Waals surface area (Å²) in [6.45, 7) is 2.18. The molecule has 0 atom stereocenters. The third-order valence-corrected chi connectivity index (χ3v) is 5.16. The summed E-state index contributed by atoms with van der Waals surface area (Å²) in [6, 6.07) is 7.57. The molecular weight excluding hydrogens is 328 g/mol. The van der Waals surface area contributed by atoms with E-state index in [0.29, 0.717) is 5.75 Å². The Bertz CT molecular complexity index is 698. The van der Waals surface area contributed by atoms with Crippen LogP contribution in [0.3, 0.4) is 0 Å². The number of benzene rings is 1. The molecule has 1 aliphatic rings. The van der Waals surface area contributed by atoms with E-state index in [9.17, 15) is 10.2 Å². The summed E-state index contributed by atoms with van der Waals surface area (Å²) in [5.74, 6) is 2.63. The molecule has 1 saturated carbocycles. The Morgan fingerprint density at radius 2 is 1.92 bits per heavy atom. The van der Waals surface area contributed by atoms with Crippen molar-refractivity contribution in [1.29, 1.82) is 0 Å². The van der Waals surface area contributed by atoms with E-state index in [4.69, 9.17) is 9.15 Å². The van der Waals surface area contributed by atoms with E-state index in [0.717, 1.165) is 67.6 Å². The molecule has 1 heterocycles. The van der Waals surface area contributed by atoms with Crippen LogP contribution in [0.5, 0.6) is 11.5 Å². The minimum atomic E-state index is 0.0289. The van der Waals surface area contributed by atoms with E-state index >= 15 is 0 Å². The van der Waals surface area contributed by atoms with E-state index in [1.165, 1.54) is 12.8 Å². The molecule has 0 unspecified atom stereocenters. The Kier molecular flexibility index (Phi) is 6.62. The average Bonchev–Trinajstić information content (AvgIpc) is 3.30. The summed E-state index contributed by atoms with van der Waals surface area (Å²) < 4.78 is 11.9. The SMILES string of the molecule is CCCCc1oc(CCc2ccc(O)c(OC3CCCC3)c2)cc1CO. The van der Waals surface area contributed by atoms with Crippen LogP contribution in [0.15, 0.2) is 28.7 Å². The molecule has 0 radical (unpaired) electrons. The van der Waals surface area contributed by atoms with Gasteiger partial charge in [-0.05, 0) is 62.3 Å². The number of unbranched alkanes of at least 4 members (excludes halogenated alkanes) is 1. The predicted molar refractivity (Wildman–Crippen MR) is 102 cm³/mol. The molecule has 1 fully saturated rings. The molecular formula is C22H30O4. The number of aliphatic hydroxyl groups is 1. The van der Waals surface area contributed by atoms with Gasteiger partial charge in [-0.25, -0.2) is 0 Å². The number of ether oxygens (including phenoxy) is 1. The van der Waals surface area contributed by atoms with Gasteiger partial charge in [0.05, 0.1) is 12.7 Å². The van der Waals surface area contributed by atoms with E-state index in [-0.39, 0.29) is 18.5 Å². The number of aryl methyl sites for hydroxylation is 3. The highest BCUT2D eigenvalue weighted by Crippen LogP contribution is 2.32. The molecule has 0 spiro atoms. The zero-order valence-electron chi connectivity index (χ0n) is 15.7. The quantitative estimate of drug-likeness (QED) is 0.667. The van der Waals surface area contributed by atoms with E-state index in [1.807, 2.05) is 18.2 Å². The third-order valence-electron chi connectivity index (χ3n) is 5.16. The van der Waals surface area contributed by atoms with Crippen LogP contribution in [-0.4, -0.2) is 16.3 Å². The standard InChI is InChI=1S/C22H30O4/c1-2-3-8-21-17(15-23)14-19(26-21)11-9-16-10-12-20(24)22(13-16)25-18-6-4-5-7-18/h10,12-14,18,23-24H,2-9,11,15H2,1H3. The zero-order chi connectivity index (χ0) is 18.4. The fraction of sp³-hybridized carbons (Fsp3) is 0.545. The first-order valence-corrected chi connectivity index (χ1v) is 9.89. The minimum Gasteiger partial charge on any atom is -0.504 e. The smallest absolute Gasteiger partial charge is 0.161 e. The number of furan rings is 1. The third kappa shape index (κ3) is 4.82. The van der Waals surface area contributed by atoms with Gasteiger partial charge in [0, 0.05) is 18.4 Å². The zero-order valence-corrected chi connectivity index (χ0v) is 15.7. The summed E-state index contributed by atoms with van der Waals surface area (Å²) in [6.07, 6.45) is 9.42. The Hall–Kier alpha value is -1.94. The lowest BCUT2D eigenvalue weighted by atomic mass is 10.1. The Balaban J connectivity index is 1.63. The van der Waals surface area contributed by atoms with Crippen molar-refractivity contribution in [1.82, 2.24) is 0 Å². The van der Waals surface area contributed by atoms with Crippen LogP contribution in [-0.2, 0) is 25.9 Å². The first kappa shape index (κ1) is 18.8. The van der Waals surface area contributed by atoms with Gasteiger partial charge in [0.2, 0.25) is 0 Å². The predicted octanol–water partition coefficient (Wildman–Crippen LogP) is 4.93. The number of hydrogen-bond acceptors (Lipinski definition) is 4. The summed E-state index contributed by atoms with van der Waals surface area (Å²) in [7, 11) is 0. The molecule has 0 amide bonds. The second-order valence-electron chi connectivity index (χ2n) is 7.25. The molecule has 4 nitrogen and oxygen atoms in total. The largest absolute Gasteiger partial charge is 0.504 e. The molecule has 142 valence electrons. The van der Waals surface area contributed by atoms with Crippen molar-refractivity contribution in [3.63, 3.8) is 0 Å². The maximum Gasteiger partial charge on any atom is 0.161 e. The van der Waals surface area contributed by atoms with Crippen LogP contribution in [0, 0.1) is 0 Å². The van der Waals surface area contributed by atoms with E-state index in [1.54, 1.807) is 6.07 Å². The van der Waals surface area contributed by atoms with Crippen molar-refractivity contribution in [2.24, 2.45) is 0 Å². The highest BCUT2D eigenvalue weighted by Gasteiger charge is 2.18. The molecule has 2 aromatic rings. The number of hydrogen-bond donors (Lipinski definition) is 2. The van der Waals surface area contributed by atoms with Gasteiger partial charge in [0.25, 0.3) is 0 Å². The number of aliphatic hydroxyl groups excluding tert-OH is 1. The van der Waals surface area contributed by atoms with Gasteiger partial charge in [0.15, 0.2) is 11.5 Å². The lowest BCUT2D eigenvalue weighted by Crippen LogP contribution is -2.11. The summed E-state index contributed by atoms with van der Waals surface area (Å²) in [5.41, 5.74) is 2.03. The molecule has 4 heteroatoms. The summed E-state index contributed by atoms with van der Waals surface area (Å²) in [4.78, 5) is 0. The second kappa shape index (κ2) is 9.13. The molecule has 1 aromatic heterocycles. The monoisotopic (exact) mass is 358 g/mol. The molecule has 1 aromatic carbocycles. The van der Waals surface area contributed by atoms with Crippen molar-refractivity contribution in [2.75, 3.05) is 0 Å². The molecule has 0 bridgehead atoms. The van der Waals surface area contributed by atoms with Crippen molar-refractivity contribution < 1.29 is 19.4 Å². The lowest BCUT2D eigenvalue weighted by Gasteiger charge is -2.15. The molecule has 2 N–H and O–H groups in total. The summed E-state index contributed by atoms with van der Waals surface area (Å²) >= 11 is 0. The molecule has 1 aliphatic carbocycles. The number of phenolic OH excluding ortho intramolecular Hbond substituents is 1. The van der Waals surface area contributed by atoms with Crippen molar-refractivity contribution in [3.8, 4) is 11.5 Å². The normalized spacial score (nSPS) is 14.8. The maximum atomic E-state index is 10.1. The lowest BCUT2D eigenvalue weighted by molar-refractivity contribution is 0.201. The van der Waals surface area contributed by atoms with Gasteiger partial charge in [-0.3, -0.25) is 0 Å². The van der Waals surface area contributed by atoms with Gasteiger partial charge < -0.3 is 19.4 Å². The van der Waals surface area contributed by atoms with Gasteiger partial charge in [0.1, 0.15) is 11.5 Å². The first-order valence-electron chi connectivity index (χ1n) is 9.89. The van der Waals surface area contributed by atoms with Gasteiger partial charge in [-0.1, -0.05) is 19.4 Å². The van der Waals surface area contributed by atoms with Crippen LogP contribution in [0.25, 0.3) is 0 Å². The van der Waals surface area contributed by atoms with Crippen molar-refractivity contribution in [3.05, 3.63) is 46.9 Å². The topological polar surface area (TPSA) is 62.8 Å². The fourth-order valence-corrected chi connectivity index (χ4v) is 3.60. The molecule has 0 aliphatic heterocycles. The molecule has 3 rings (SSSR count). The highest BCUT2D eigenvalue weighted by molar-refractivity contribution is 5.42. The van der Waals surface area contributed by atoms with E-state index in [2.05, 4.69) is 6.92 Å². The first-order chi connectivity index (χ1) is 12.7. The van der Waals surface area contributed by atoms with E-state index < -0.39 is 0 Å². The Morgan fingerprint density at radius 3 is 2.65 bits per heavy atom. The van der Waals surface area contributed by atoms with Crippen molar-refractivity contribution >= 4 is 0 Å². The van der Waals surface area contributed by atoms with Crippen molar-refractivity contribution in [2.45, 2.75) is 77.4 Å². The van der Waals surface area contributed by atoms with Crippen LogP contribution in [0.2, 0.25) is 0 Å². The Morgan fingerprint density at radius 1 is 1.12 bits per heavy atom. The van der Waals surface area contributed by atoms with Crippen LogP contribution in [0.4, 0.5) is 0 Å². The summed E-state index contributed by atoms with van der Waals surface area (Å²) in [5, 5.41) is 19.6. The Labute approximate surface area is 155 Å². The maximum absolute atomic E-state index is 10.1. The molecule has 26 heavy (non-hydrogen) atoms. The molecule has 0 saturated heterocycles. The van der Waals surface area contributed by atoms with Crippen LogP contribution < -0.4 is 4.74 Å². The number of phenols is 1. The van der Waals surface area contributed by atoms with Gasteiger partial charge in [-0.15, -0.1) is 0 Å². The van der Waals surface area contributed by atoms with Crippen LogP contribution >= 0.6 is 0 Å². The van der Waals surface area contributed by atoms with Gasteiger partial charge in [-0.2, -0.15) is 0 Å². The fourth-order valence-electron chi connectivity index (χ4n) is 3.60. The second-order valence-corrected chi connectivity index (χ2v) is 7.25. The van der Waals surface area contributed by atoms with Gasteiger partial charge >= 0.3 is 0 Å². The average molecular weight is 358 g/mol. The van der Waals surface area contributed by atoms with Crippen LogP contribution in [0.1, 0.15) is 68.1 Å².